The molecule has 1 atom stereocenters. The van der Waals surface area contributed by atoms with E-state index < -0.39 is 23.7 Å². The van der Waals surface area contributed by atoms with Crippen molar-refractivity contribution < 1.29 is 23.9 Å². The van der Waals surface area contributed by atoms with Crippen molar-refractivity contribution in [3.8, 4) is 11.1 Å². The number of piperazine rings is 1. The summed E-state index contributed by atoms with van der Waals surface area (Å²) >= 11 is 0. The number of hydrogen-bond acceptors (Lipinski definition) is 5. The summed E-state index contributed by atoms with van der Waals surface area (Å²) in [5, 5.41) is 0. The Morgan fingerprint density at radius 1 is 1.00 bits per heavy atom. The number of rotatable bonds is 3. The Kier molecular flexibility index (Phi) is 6.10. The van der Waals surface area contributed by atoms with Gasteiger partial charge in [0.15, 0.2) is 6.04 Å². The van der Waals surface area contributed by atoms with Crippen LogP contribution in [0.3, 0.4) is 0 Å². The normalized spacial score (nSPS) is 16.9. The van der Waals surface area contributed by atoms with Gasteiger partial charge in [-0.05, 0) is 44.0 Å². The molecule has 1 saturated heterocycles. The molecular weight excluding hydrogens is 384 g/mol. The largest absolute Gasteiger partial charge is 0.467 e. The van der Waals surface area contributed by atoms with E-state index in [1.807, 2.05) is 48.5 Å². The molecule has 158 valence electrons. The molecule has 0 radical (unpaired) electrons. The van der Waals surface area contributed by atoms with Crippen LogP contribution in [0.15, 0.2) is 54.6 Å². The smallest absolute Gasteiger partial charge is 0.410 e. The molecule has 0 saturated carbocycles. The predicted molar refractivity (Wildman–Crippen MR) is 113 cm³/mol. The molecule has 3 rings (SSSR count). The molecule has 1 aliphatic rings. The lowest BCUT2D eigenvalue weighted by Gasteiger charge is -2.39. The highest BCUT2D eigenvalue weighted by atomic mass is 16.6. The molecule has 1 aliphatic heterocycles. The van der Waals surface area contributed by atoms with Crippen LogP contribution in [0.5, 0.6) is 0 Å². The maximum atomic E-state index is 13.0. The van der Waals surface area contributed by atoms with Gasteiger partial charge in [-0.2, -0.15) is 0 Å². The van der Waals surface area contributed by atoms with Crippen molar-refractivity contribution in [3.63, 3.8) is 0 Å². The summed E-state index contributed by atoms with van der Waals surface area (Å²) < 4.78 is 10.3. The summed E-state index contributed by atoms with van der Waals surface area (Å²) in [6, 6.07) is 16.2. The van der Waals surface area contributed by atoms with Crippen molar-refractivity contribution in [1.82, 2.24) is 4.90 Å². The highest BCUT2D eigenvalue weighted by Crippen LogP contribution is 2.28. The average molecular weight is 410 g/mol. The van der Waals surface area contributed by atoms with Gasteiger partial charge < -0.3 is 9.47 Å². The van der Waals surface area contributed by atoms with Crippen LogP contribution in [0, 0.1) is 0 Å². The lowest BCUT2D eigenvalue weighted by molar-refractivity contribution is -0.145. The number of benzene rings is 2. The van der Waals surface area contributed by atoms with Crippen molar-refractivity contribution >= 4 is 23.7 Å². The SMILES string of the molecule is COC(=O)C1CN(C(=O)OC(C)(C)C)CC(=O)N1c1cccc(-c2ccccc2)c1. The molecule has 2 amide bonds. The van der Waals surface area contributed by atoms with Gasteiger partial charge in [-0.1, -0.05) is 42.5 Å². The van der Waals surface area contributed by atoms with Gasteiger partial charge in [-0.15, -0.1) is 0 Å². The molecule has 2 aromatic carbocycles. The summed E-state index contributed by atoms with van der Waals surface area (Å²) in [5.74, 6) is -0.977. The average Bonchev–Trinajstić information content (AvgIpc) is 2.72. The van der Waals surface area contributed by atoms with E-state index in [1.54, 1.807) is 26.8 Å². The molecule has 7 heteroatoms. The Bertz CT molecular complexity index is 936. The van der Waals surface area contributed by atoms with Gasteiger partial charge in [-0.3, -0.25) is 14.6 Å². The Hall–Kier alpha value is -3.35. The minimum Gasteiger partial charge on any atom is -0.467 e. The van der Waals surface area contributed by atoms with Crippen molar-refractivity contribution in [3.05, 3.63) is 54.6 Å². The summed E-state index contributed by atoms with van der Waals surface area (Å²) in [7, 11) is 1.26. The standard InChI is InChI=1S/C23H26N2O5/c1-23(2,3)30-22(28)24-14-19(21(27)29-4)25(20(26)15-24)18-12-8-11-17(13-18)16-9-6-5-7-10-16/h5-13,19H,14-15H2,1-4H3. The zero-order valence-corrected chi connectivity index (χ0v) is 17.6. The monoisotopic (exact) mass is 410 g/mol. The molecule has 7 nitrogen and oxygen atoms in total. The van der Waals surface area contributed by atoms with Gasteiger partial charge in [0.05, 0.1) is 13.7 Å². The topological polar surface area (TPSA) is 76.1 Å². The molecule has 0 spiro atoms. The Morgan fingerprint density at radius 3 is 2.30 bits per heavy atom. The third-order valence-electron chi connectivity index (χ3n) is 4.66. The van der Waals surface area contributed by atoms with Gasteiger partial charge in [-0.25, -0.2) is 9.59 Å². The number of esters is 1. The van der Waals surface area contributed by atoms with Gasteiger partial charge >= 0.3 is 12.1 Å². The van der Waals surface area contributed by atoms with E-state index in [2.05, 4.69) is 0 Å². The van der Waals surface area contributed by atoms with Crippen molar-refractivity contribution in [1.29, 1.82) is 0 Å². The molecule has 2 aromatic rings. The number of carbonyl (C=O) groups is 3. The number of carbonyl (C=O) groups excluding carboxylic acids is 3. The van der Waals surface area contributed by atoms with Gasteiger partial charge in [0.25, 0.3) is 0 Å². The minimum atomic E-state index is -0.963. The van der Waals surface area contributed by atoms with Crippen LogP contribution in [-0.4, -0.2) is 54.7 Å². The highest BCUT2D eigenvalue weighted by molar-refractivity contribution is 6.03. The summed E-state index contributed by atoms with van der Waals surface area (Å²) in [6.07, 6.45) is -0.637. The number of nitrogens with zero attached hydrogens (tertiary/aromatic N) is 2. The van der Waals surface area contributed by atoms with Crippen molar-refractivity contribution in [2.45, 2.75) is 32.4 Å². The molecule has 1 fully saturated rings. The lowest BCUT2D eigenvalue weighted by Crippen LogP contribution is -2.61. The van der Waals surface area contributed by atoms with E-state index in [9.17, 15) is 14.4 Å². The first-order valence-corrected chi connectivity index (χ1v) is 9.73. The number of hydrogen-bond donors (Lipinski definition) is 0. The lowest BCUT2D eigenvalue weighted by atomic mass is 10.0. The number of amides is 2. The first-order chi connectivity index (χ1) is 14.2. The van der Waals surface area contributed by atoms with Crippen LogP contribution in [0.2, 0.25) is 0 Å². The van der Waals surface area contributed by atoms with E-state index in [0.29, 0.717) is 5.69 Å². The van der Waals surface area contributed by atoms with E-state index in [1.165, 1.54) is 16.9 Å². The molecular formula is C23H26N2O5. The molecule has 1 heterocycles. The maximum absolute atomic E-state index is 13.0. The van der Waals surface area contributed by atoms with Crippen LogP contribution in [0.1, 0.15) is 20.8 Å². The van der Waals surface area contributed by atoms with E-state index >= 15 is 0 Å². The first kappa shape index (κ1) is 21.4. The number of ether oxygens (including phenoxy) is 2. The molecule has 0 N–H and O–H groups in total. The third kappa shape index (κ3) is 4.79. The molecule has 0 aliphatic carbocycles. The Labute approximate surface area is 176 Å². The number of anilines is 1. The Morgan fingerprint density at radius 2 is 1.67 bits per heavy atom. The third-order valence-corrected chi connectivity index (χ3v) is 4.66. The zero-order chi connectivity index (χ0) is 21.9. The fraction of sp³-hybridized carbons (Fsp3) is 0.348. The second-order valence-corrected chi connectivity index (χ2v) is 8.08. The fourth-order valence-electron chi connectivity index (χ4n) is 3.34. The Balaban J connectivity index is 1.92. The van der Waals surface area contributed by atoms with E-state index in [-0.39, 0.29) is 19.0 Å². The fourth-order valence-corrected chi connectivity index (χ4v) is 3.34. The molecule has 30 heavy (non-hydrogen) atoms. The van der Waals surface area contributed by atoms with Crippen LogP contribution in [0.25, 0.3) is 11.1 Å². The van der Waals surface area contributed by atoms with E-state index in [0.717, 1.165) is 11.1 Å². The van der Waals surface area contributed by atoms with E-state index in [4.69, 9.17) is 9.47 Å². The first-order valence-electron chi connectivity index (χ1n) is 9.73. The van der Waals surface area contributed by atoms with Crippen LogP contribution >= 0.6 is 0 Å². The van der Waals surface area contributed by atoms with Crippen LogP contribution < -0.4 is 4.90 Å². The predicted octanol–water partition coefficient (Wildman–Crippen LogP) is 3.48. The van der Waals surface area contributed by atoms with Gasteiger partial charge in [0.1, 0.15) is 12.1 Å². The zero-order valence-electron chi connectivity index (χ0n) is 17.6. The molecule has 0 bridgehead atoms. The highest BCUT2D eigenvalue weighted by Gasteiger charge is 2.41. The van der Waals surface area contributed by atoms with Crippen LogP contribution in [-0.2, 0) is 19.1 Å². The van der Waals surface area contributed by atoms with Crippen LogP contribution in [0.4, 0.5) is 10.5 Å². The van der Waals surface area contributed by atoms with Gasteiger partial charge in [0, 0.05) is 5.69 Å². The summed E-state index contributed by atoms with van der Waals surface area (Å²) in [5.41, 5.74) is 1.77. The second kappa shape index (κ2) is 8.57. The maximum Gasteiger partial charge on any atom is 0.410 e. The molecule has 1 unspecified atom stereocenters. The van der Waals surface area contributed by atoms with Gasteiger partial charge in [0.2, 0.25) is 5.91 Å². The minimum absolute atomic E-state index is 0.0110. The quantitative estimate of drug-likeness (QED) is 0.724. The summed E-state index contributed by atoms with van der Waals surface area (Å²) in [6.45, 7) is 5.04. The number of methoxy groups -OCH3 is 1. The molecule has 0 aromatic heterocycles. The second-order valence-electron chi connectivity index (χ2n) is 8.08. The van der Waals surface area contributed by atoms with Crippen molar-refractivity contribution in [2.75, 3.05) is 25.1 Å². The summed E-state index contributed by atoms with van der Waals surface area (Å²) in [4.78, 5) is 40.7. The van der Waals surface area contributed by atoms with Crippen molar-refractivity contribution in [2.24, 2.45) is 0 Å².